The first-order chi connectivity index (χ1) is 11.1. The van der Waals surface area contributed by atoms with Crippen molar-refractivity contribution >= 4 is 5.96 Å². The molecule has 24 heavy (non-hydrogen) atoms. The molecular weight excluding hydrogens is 300 g/mol. The largest absolute Gasteiger partial charge is 0.354 e. The third-order valence-corrected chi connectivity index (χ3v) is 4.13. The van der Waals surface area contributed by atoms with Gasteiger partial charge < -0.3 is 15.5 Å². The summed E-state index contributed by atoms with van der Waals surface area (Å²) in [6.45, 7) is 9.83. The minimum absolute atomic E-state index is 0.252. The van der Waals surface area contributed by atoms with E-state index in [-0.39, 0.29) is 6.04 Å². The van der Waals surface area contributed by atoms with Crippen LogP contribution >= 0.6 is 0 Å². The fourth-order valence-electron chi connectivity index (χ4n) is 2.55. The van der Waals surface area contributed by atoms with Gasteiger partial charge in [0.2, 0.25) is 0 Å². The normalized spacial score (nSPS) is 15.5. The molecule has 0 aromatic carbocycles. The molecule has 1 aromatic heterocycles. The van der Waals surface area contributed by atoms with Gasteiger partial charge >= 0.3 is 0 Å². The van der Waals surface area contributed by atoms with Crippen molar-refractivity contribution in [1.82, 2.24) is 25.3 Å². The highest BCUT2D eigenvalue weighted by atomic mass is 15.3. The molecule has 0 aliphatic heterocycles. The van der Waals surface area contributed by atoms with Gasteiger partial charge in [0.25, 0.3) is 0 Å². The van der Waals surface area contributed by atoms with Gasteiger partial charge in [0.15, 0.2) is 5.96 Å². The van der Waals surface area contributed by atoms with Crippen molar-refractivity contribution in [2.45, 2.75) is 52.6 Å². The number of nitrogens with one attached hydrogen (secondary N) is 2. The van der Waals surface area contributed by atoms with Crippen LogP contribution in [0.4, 0.5) is 0 Å². The molecule has 0 saturated carbocycles. The van der Waals surface area contributed by atoms with Crippen LogP contribution in [-0.4, -0.2) is 54.4 Å². The molecule has 0 aliphatic rings. The number of aliphatic imine (C=N–C) groups is 1. The monoisotopic (exact) mass is 336 g/mol. The van der Waals surface area contributed by atoms with Gasteiger partial charge in [-0.25, -0.2) is 0 Å². The molecule has 2 atom stereocenters. The summed E-state index contributed by atoms with van der Waals surface area (Å²) in [7, 11) is 7.94. The summed E-state index contributed by atoms with van der Waals surface area (Å²) in [5.74, 6) is 0.854. The van der Waals surface area contributed by atoms with Gasteiger partial charge in [0.05, 0.1) is 12.2 Å². The summed E-state index contributed by atoms with van der Waals surface area (Å²) in [5, 5.41) is 11.2. The second-order valence-electron chi connectivity index (χ2n) is 8.02. The standard InChI is InChI=1S/C18H36N6/c1-14(9-10-18(2,3)4)22-17(19-5)20-12-16(23(6)7)15-11-21-24(8)13-15/h11,13-14,16H,9-10,12H2,1-8H3,(H2,19,20,22). The van der Waals surface area contributed by atoms with Gasteiger partial charge in [-0.1, -0.05) is 20.8 Å². The molecule has 138 valence electrons. The summed E-state index contributed by atoms with van der Waals surface area (Å²) in [5.41, 5.74) is 1.56. The van der Waals surface area contributed by atoms with E-state index in [1.807, 2.05) is 25.0 Å². The number of aryl methyl sites for hydroxylation is 1. The second kappa shape index (κ2) is 9.06. The Bertz CT molecular complexity index is 512. The molecular formula is C18H36N6. The zero-order valence-corrected chi connectivity index (χ0v) is 16.7. The predicted octanol–water partition coefficient (Wildman–Crippen LogP) is 2.40. The van der Waals surface area contributed by atoms with Crippen molar-refractivity contribution in [3.8, 4) is 0 Å². The average Bonchev–Trinajstić information content (AvgIpc) is 2.89. The molecule has 1 aromatic rings. The molecule has 6 heteroatoms. The van der Waals surface area contributed by atoms with E-state index in [1.54, 1.807) is 0 Å². The molecule has 2 unspecified atom stereocenters. The van der Waals surface area contributed by atoms with Crippen molar-refractivity contribution in [3.05, 3.63) is 18.0 Å². The highest BCUT2D eigenvalue weighted by Gasteiger charge is 2.17. The summed E-state index contributed by atoms with van der Waals surface area (Å²) in [4.78, 5) is 6.55. The van der Waals surface area contributed by atoms with E-state index in [0.29, 0.717) is 11.5 Å². The fourth-order valence-corrected chi connectivity index (χ4v) is 2.55. The first kappa shape index (κ1) is 20.5. The lowest BCUT2D eigenvalue weighted by molar-refractivity contribution is 0.297. The molecule has 1 rings (SSSR count). The number of guanidine groups is 1. The molecule has 0 amide bonds. The van der Waals surface area contributed by atoms with Crippen molar-refractivity contribution in [2.24, 2.45) is 17.5 Å². The Balaban J connectivity index is 2.55. The Kier molecular flexibility index (Phi) is 7.73. The van der Waals surface area contributed by atoms with Crippen LogP contribution in [0.15, 0.2) is 17.4 Å². The highest BCUT2D eigenvalue weighted by molar-refractivity contribution is 5.79. The van der Waals surface area contributed by atoms with Crippen molar-refractivity contribution < 1.29 is 0 Å². The third-order valence-electron chi connectivity index (χ3n) is 4.13. The maximum Gasteiger partial charge on any atom is 0.191 e. The maximum absolute atomic E-state index is 4.36. The van der Waals surface area contributed by atoms with E-state index >= 15 is 0 Å². The number of hydrogen-bond acceptors (Lipinski definition) is 3. The van der Waals surface area contributed by atoms with E-state index in [4.69, 9.17) is 0 Å². The Morgan fingerprint density at radius 3 is 2.50 bits per heavy atom. The molecule has 0 aliphatic carbocycles. The highest BCUT2D eigenvalue weighted by Crippen LogP contribution is 2.21. The van der Waals surface area contributed by atoms with Crippen LogP contribution in [0.5, 0.6) is 0 Å². The summed E-state index contributed by atoms with van der Waals surface area (Å²) < 4.78 is 1.84. The van der Waals surface area contributed by atoms with Gasteiger partial charge in [-0.2, -0.15) is 5.10 Å². The third kappa shape index (κ3) is 7.34. The van der Waals surface area contributed by atoms with E-state index in [1.165, 1.54) is 12.0 Å². The Hall–Kier alpha value is -1.56. The molecule has 6 nitrogen and oxygen atoms in total. The smallest absolute Gasteiger partial charge is 0.191 e. The molecule has 1 heterocycles. The van der Waals surface area contributed by atoms with Gasteiger partial charge in [-0.3, -0.25) is 9.67 Å². The molecule has 0 spiro atoms. The molecule has 2 N–H and O–H groups in total. The zero-order chi connectivity index (χ0) is 18.3. The van der Waals surface area contributed by atoms with E-state index in [0.717, 1.165) is 18.9 Å². The van der Waals surface area contributed by atoms with Crippen LogP contribution < -0.4 is 10.6 Å². The lowest BCUT2D eigenvalue weighted by Crippen LogP contribution is -2.45. The first-order valence-electron chi connectivity index (χ1n) is 8.74. The van der Waals surface area contributed by atoms with Gasteiger partial charge in [-0.05, 0) is 39.3 Å². The molecule has 0 radical (unpaired) electrons. The quantitative estimate of drug-likeness (QED) is 0.593. The van der Waals surface area contributed by atoms with Gasteiger partial charge in [0, 0.05) is 38.4 Å². The summed E-state index contributed by atoms with van der Waals surface area (Å²) >= 11 is 0. The van der Waals surface area contributed by atoms with Crippen molar-refractivity contribution in [2.75, 3.05) is 27.7 Å². The summed E-state index contributed by atoms with van der Waals surface area (Å²) in [6, 6.07) is 0.647. The van der Waals surface area contributed by atoms with Crippen molar-refractivity contribution in [3.63, 3.8) is 0 Å². The number of aromatic nitrogens is 2. The van der Waals surface area contributed by atoms with Crippen LogP contribution in [0.2, 0.25) is 0 Å². The van der Waals surface area contributed by atoms with Crippen LogP contribution in [0.3, 0.4) is 0 Å². The van der Waals surface area contributed by atoms with Gasteiger partial charge in [-0.15, -0.1) is 0 Å². The second-order valence-corrected chi connectivity index (χ2v) is 8.02. The van der Waals surface area contributed by atoms with Crippen LogP contribution in [0, 0.1) is 5.41 Å². The molecule has 0 bridgehead atoms. The van der Waals surface area contributed by atoms with Crippen molar-refractivity contribution in [1.29, 1.82) is 0 Å². The SMILES string of the molecule is CN=C(NCC(c1cnn(C)c1)N(C)C)NC(C)CCC(C)(C)C. The Morgan fingerprint density at radius 1 is 1.38 bits per heavy atom. The van der Waals surface area contributed by atoms with Crippen LogP contribution in [0.25, 0.3) is 0 Å². The topological polar surface area (TPSA) is 57.5 Å². The molecule has 0 fully saturated rings. The van der Waals surface area contributed by atoms with E-state index < -0.39 is 0 Å². The lowest BCUT2D eigenvalue weighted by atomic mass is 9.89. The predicted molar refractivity (Wildman–Crippen MR) is 102 cm³/mol. The van der Waals surface area contributed by atoms with Crippen LogP contribution in [0.1, 0.15) is 52.1 Å². The number of rotatable bonds is 7. The minimum atomic E-state index is 0.252. The summed E-state index contributed by atoms with van der Waals surface area (Å²) in [6.07, 6.45) is 6.31. The lowest BCUT2D eigenvalue weighted by Gasteiger charge is -2.26. The molecule has 0 saturated heterocycles. The minimum Gasteiger partial charge on any atom is -0.354 e. The number of likely N-dealkylation sites (N-methyl/N-ethyl adjacent to an activating group) is 1. The number of nitrogens with zero attached hydrogens (tertiary/aromatic N) is 4. The first-order valence-corrected chi connectivity index (χ1v) is 8.74. The Morgan fingerprint density at radius 2 is 2.04 bits per heavy atom. The maximum atomic E-state index is 4.36. The Labute approximate surface area is 147 Å². The fraction of sp³-hybridized carbons (Fsp3) is 0.778. The zero-order valence-electron chi connectivity index (χ0n) is 16.7. The van der Waals surface area contributed by atoms with E-state index in [9.17, 15) is 0 Å². The van der Waals surface area contributed by atoms with Crippen LogP contribution in [-0.2, 0) is 7.05 Å². The average molecular weight is 337 g/mol. The number of hydrogen-bond donors (Lipinski definition) is 2. The van der Waals surface area contributed by atoms with Gasteiger partial charge in [0.1, 0.15) is 0 Å². The van der Waals surface area contributed by atoms with E-state index in [2.05, 4.69) is 73.6 Å².